The minimum Gasteiger partial charge on any atom is -0.339 e. The highest BCUT2D eigenvalue weighted by atomic mass is 35.5. The number of nitrogens with zero attached hydrogens (tertiary/aromatic N) is 2. The zero-order valence-electron chi connectivity index (χ0n) is 12.6. The van der Waals surface area contributed by atoms with Crippen LogP contribution in [0.25, 0.3) is 0 Å². The van der Waals surface area contributed by atoms with E-state index < -0.39 is 5.91 Å². The van der Waals surface area contributed by atoms with Gasteiger partial charge in [-0.05, 0) is 42.5 Å². The number of carbonyl (C=O) groups is 1. The van der Waals surface area contributed by atoms with Crippen LogP contribution in [-0.2, 0) is 0 Å². The molecule has 0 aliphatic carbocycles. The number of anilines is 3. The third kappa shape index (κ3) is 4.43. The maximum Gasteiger partial charge on any atom is 0.275 e. The standard InChI is InChI=1S/C17H11Cl2FN4O/c18-13-6-5-12(7-14(13)19)24-17(25)15-8-22-16(9-21-15)23-11-3-1-10(20)2-4-11/h1-9H,(H,22,23)(H,24,25). The maximum absolute atomic E-state index is 12.9. The number of amides is 1. The summed E-state index contributed by atoms with van der Waals surface area (Å²) in [6.07, 6.45) is 2.74. The molecule has 0 aliphatic heterocycles. The van der Waals surface area contributed by atoms with E-state index in [1.54, 1.807) is 30.3 Å². The highest BCUT2D eigenvalue weighted by Crippen LogP contribution is 2.25. The fourth-order valence-electron chi connectivity index (χ4n) is 1.96. The maximum atomic E-state index is 12.9. The summed E-state index contributed by atoms with van der Waals surface area (Å²) in [4.78, 5) is 20.3. The lowest BCUT2D eigenvalue weighted by atomic mass is 10.3. The molecule has 3 aromatic rings. The number of nitrogens with one attached hydrogen (secondary N) is 2. The van der Waals surface area contributed by atoms with Gasteiger partial charge in [-0.25, -0.2) is 14.4 Å². The van der Waals surface area contributed by atoms with E-state index in [4.69, 9.17) is 23.2 Å². The summed E-state index contributed by atoms with van der Waals surface area (Å²) in [5.74, 6) is -0.331. The number of aromatic nitrogens is 2. The van der Waals surface area contributed by atoms with Gasteiger partial charge in [0, 0.05) is 11.4 Å². The third-order valence-corrected chi connectivity index (χ3v) is 3.92. The number of halogens is 3. The average Bonchev–Trinajstić information content (AvgIpc) is 2.61. The van der Waals surface area contributed by atoms with Crippen molar-refractivity contribution in [3.05, 3.63) is 76.4 Å². The molecule has 126 valence electrons. The van der Waals surface area contributed by atoms with Crippen molar-refractivity contribution in [1.82, 2.24) is 9.97 Å². The molecule has 3 rings (SSSR count). The van der Waals surface area contributed by atoms with Gasteiger partial charge in [-0.3, -0.25) is 4.79 Å². The summed E-state index contributed by atoms with van der Waals surface area (Å²) in [5.41, 5.74) is 1.29. The Morgan fingerprint density at radius 2 is 1.64 bits per heavy atom. The molecule has 0 atom stereocenters. The molecule has 1 amide bonds. The smallest absolute Gasteiger partial charge is 0.275 e. The first-order valence-electron chi connectivity index (χ1n) is 7.12. The average molecular weight is 377 g/mol. The number of carbonyl (C=O) groups excluding carboxylic acids is 1. The van der Waals surface area contributed by atoms with Gasteiger partial charge < -0.3 is 10.6 Å². The Morgan fingerprint density at radius 3 is 2.28 bits per heavy atom. The van der Waals surface area contributed by atoms with Crippen molar-refractivity contribution < 1.29 is 9.18 Å². The van der Waals surface area contributed by atoms with Crippen molar-refractivity contribution in [2.75, 3.05) is 10.6 Å². The van der Waals surface area contributed by atoms with Gasteiger partial charge in [0.15, 0.2) is 0 Å². The van der Waals surface area contributed by atoms with Gasteiger partial charge in [0.05, 0.1) is 22.4 Å². The largest absolute Gasteiger partial charge is 0.339 e. The molecule has 0 bridgehead atoms. The Bertz CT molecular complexity index is 902. The summed E-state index contributed by atoms with van der Waals surface area (Å²) < 4.78 is 12.9. The van der Waals surface area contributed by atoms with Crippen molar-refractivity contribution >= 4 is 46.3 Å². The fourth-order valence-corrected chi connectivity index (χ4v) is 2.26. The van der Waals surface area contributed by atoms with E-state index in [0.717, 1.165) is 0 Å². The second-order valence-corrected chi connectivity index (χ2v) is 5.82. The van der Waals surface area contributed by atoms with Crippen LogP contribution in [0.3, 0.4) is 0 Å². The number of rotatable bonds is 4. The highest BCUT2D eigenvalue weighted by molar-refractivity contribution is 6.42. The quantitative estimate of drug-likeness (QED) is 0.678. The summed E-state index contributed by atoms with van der Waals surface area (Å²) in [7, 11) is 0. The molecule has 0 saturated heterocycles. The first-order chi connectivity index (χ1) is 12.0. The van der Waals surface area contributed by atoms with Crippen LogP contribution in [-0.4, -0.2) is 15.9 Å². The Morgan fingerprint density at radius 1 is 0.920 bits per heavy atom. The molecular weight excluding hydrogens is 366 g/mol. The molecule has 5 nitrogen and oxygen atoms in total. The lowest BCUT2D eigenvalue weighted by molar-refractivity contribution is 0.102. The normalized spacial score (nSPS) is 10.4. The highest BCUT2D eigenvalue weighted by Gasteiger charge is 2.10. The molecule has 2 aromatic carbocycles. The van der Waals surface area contributed by atoms with Gasteiger partial charge in [0.1, 0.15) is 17.3 Å². The zero-order valence-corrected chi connectivity index (χ0v) is 14.1. The van der Waals surface area contributed by atoms with Crippen LogP contribution in [0.2, 0.25) is 10.0 Å². The molecule has 25 heavy (non-hydrogen) atoms. The van der Waals surface area contributed by atoms with Gasteiger partial charge in [-0.2, -0.15) is 0 Å². The molecule has 8 heteroatoms. The Balaban J connectivity index is 1.67. The number of hydrogen-bond donors (Lipinski definition) is 2. The summed E-state index contributed by atoms with van der Waals surface area (Å²) >= 11 is 11.7. The fraction of sp³-hybridized carbons (Fsp3) is 0. The van der Waals surface area contributed by atoms with Gasteiger partial charge in [0.25, 0.3) is 5.91 Å². The predicted molar refractivity (Wildman–Crippen MR) is 96.1 cm³/mol. The lowest BCUT2D eigenvalue weighted by Crippen LogP contribution is -2.14. The van der Waals surface area contributed by atoms with Crippen molar-refractivity contribution in [3.8, 4) is 0 Å². The van der Waals surface area contributed by atoms with E-state index in [-0.39, 0.29) is 11.5 Å². The van der Waals surface area contributed by atoms with Crippen molar-refractivity contribution in [2.24, 2.45) is 0 Å². The van der Waals surface area contributed by atoms with Crippen LogP contribution in [0, 0.1) is 5.82 Å². The minimum atomic E-state index is -0.431. The zero-order chi connectivity index (χ0) is 17.8. The predicted octanol–water partition coefficient (Wildman–Crippen LogP) is 4.92. The van der Waals surface area contributed by atoms with Crippen molar-refractivity contribution in [2.45, 2.75) is 0 Å². The van der Waals surface area contributed by atoms with Gasteiger partial charge in [0.2, 0.25) is 0 Å². The van der Waals surface area contributed by atoms with E-state index in [0.29, 0.717) is 27.2 Å². The summed E-state index contributed by atoms with van der Waals surface area (Å²) in [6, 6.07) is 10.6. The molecule has 0 unspecified atom stereocenters. The van der Waals surface area contributed by atoms with Crippen molar-refractivity contribution in [3.63, 3.8) is 0 Å². The molecule has 0 fully saturated rings. The van der Waals surface area contributed by atoms with Gasteiger partial charge in [-0.15, -0.1) is 0 Å². The van der Waals surface area contributed by atoms with Crippen LogP contribution >= 0.6 is 23.2 Å². The number of benzene rings is 2. The lowest BCUT2D eigenvalue weighted by Gasteiger charge is -2.07. The van der Waals surface area contributed by atoms with Crippen LogP contribution in [0.5, 0.6) is 0 Å². The molecule has 0 aliphatic rings. The van der Waals surface area contributed by atoms with Crippen molar-refractivity contribution in [1.29, 1.82) is 0 Å². The monoisotopic (exact) mass is 376 g/mol. The number of hydrogen-bond acceptors (Lipinski definition) is 4. The van der Waals surface area contributed by atoms with E-state index in [9.17, 15) is 9.18 Å². The molecule has 2 N–H and O–H groups in total. The van der Waals surface area contributed by atoms with Crippen LogP contribution < -0.4 is 10.6 Å². The van der Waals surface area contributed by atoms with Crippen LogP contribution in [0.4, 0.5) is 21.6 Å². The first-order valence-corrected chi connectivity index (χ1v) is 7.88. The SMILES string of the molecule is O=C(Nc1ccc(Cl)c(Cl)c1)c1cnc(Nc2ccc(F)cc2)cn1. The van der Waals surface area contributed by atoms with Crippen LogP contribution in [0.15, 0.2) is 54.9 Å². The third-order valence-electron chi connectivity index (χ3n) is 3.18. The molecule has 0 spiro atoms. The summed E-state index contributed by atoms with van der Waals surface area (Å²) in [5, 5.41) is 6.35. The molecule has 1 aromatic heterocycles. The molecule has 0 radical (unpaired) electrons. The summed E-state index contributed by atoms with van der Waals surface area (Å²) in [6.45, 7) is 0. The second-order valence-electron chi connectivity index (χ2n) is 5.00. The topological polar surface area (TPSA) is 66.9 Å². The second kappa shape index (κ2) is 7.46. The van der Waals surface area contributed by atoms with Gasteiger partial charge >= 0.3 is 0 Å². The Hall–Kier alpha value is -2.70. The molecule has 0 saturated carbocycles. The Kier molecular flexibility index (Phi) is 5.11. The first kappa shape index (κ1) is 17.1. The molecular formula is C17H11Cl2FN4O. The minimum absolute atomic E-state index is 0.135. The van der Waals surface area contributed by atoms with Crippen LogP contribution in [0.1, 0.15) is 10.5 Å². The van der Waals surface area contributed by atoms with E-state index in [2.05, 4.69) is 20.6 Å². The van der Waals surface area contributed by atoms with E-state index in [1.807, 2.05) is 0 Å². The molecule has 1 heterocycles. The van der Waals surface area contributed by atoms with E-state index >= 15 is 0 Å². The van der Waals surface area contributed by atoms with Gasteiger partial charge in [-0.1, -0.05) is 23.2 Å². The van der Waals surface area contributed by atoms with E-state index in [1.165, 1.54) is 24.5 Å². The Labute approximate surface area is 152 Å².